The number of fused-ring (bicyclic) bond motifs is 1. The molecule has 126 valence electrons. The lowest BCUT2D eigenvalue weighted by atomic mass is 9.94. The highest BCUT2D eigenvalue weighted by atomic mass is 16.5. The summed E-state index contributed by atoms with van der Waals surface area (Å²) < 4.78 is 11.9. The zero-order valence-corrected chi connectivity index (χ0v) is 13.9. The van der Waals surface area contributed by atoms with Crippen LogP contribution in [-0.4, -0.2) is 35.2 Å². The second kappa shape index (κ2) is 6.86. The van der Waals surface area contributed by atoms with E-state index >= 15 is 0 Å². The first kappa shape index (κ1) is 16.2. The maximum absolute atomic E-state index is 12.4. The third-order valence-corrected chi connectivity index (χ3v) is 4.11. The molecule has 0 saturated carbocycles. The summed E-state index contributed by atoms with van der Waals surface area (Å²) in [6.07, 6.45) is 1.91. The summed E-state index contributed by atoms with van der Waals surface area (Å²) >= 11 is 0. The van der Waals surface area contributed by atoms with Gasteiger partial charge in [-0.3, -0.25) is 9.48 Å². The van der Waals surface area contributed by atoms with Crippen LogP contribution in [0.4, 0.5) is 0 Å². The Morgan fingerprint density at radius 2 is 2.00 bits per heavy atom. The van der Waals surface area contributed by atoms with Crippen LogP contribution in [0, 0.1) is 0 Å². The summed E-state index contributed by atoms with van der Waals surface area (Å²) in [4.78, 5) is 24.5. The first-order valence-electron chi connectivity index (χ1n) is 8.07. The molecule has 0 saturated heterocycles. The van der Waals surface area contributed by atoms with Gasteiger partial charge >= 0.3 is 5.97 Å². The summed E-state index contributed by atoms with van der Waals surface area (Å²) in [6, 6.07) is 7.56. The van der Waals surface area contributed by atoms with Crippen molar-refractivity contribution >= 4 is 11.8 Å². The van der Waals surface area contributed by atoms with Gasteiger partial charge in [0.1, 0.15) is 11.4 Å². The Balaban J connectivity index is 1.97. The van der Waals surface area contributed by atoms with E-state index in [1.807, 2.05) is 24.3 Å². The second-order valence-corrected chi connectivity index (χ2v) is 5.68. The Kier molecular flexibility index (Phi) is 4.64. The molecule has 1 heterocycles. The number of methoxy groups -OCH3 is 1. The molecular formula is C18H20N2O4. The van der Waals surface area contributed by atoms with Crippen LogP contribution < -0.4 is 4.74 Å². The summed E-state index contributed by atoms with van der Waals surface area (Å²) in [5, 5.41) is 4.39. The zero-order valence-electron chi connectivity index (χ0n) is 13.9. The fourth-order valence-corrected chi connectivity index (χ4v) is 2.97. The van der Waals surface area contributed by atoms with Crippen LogP contribution in [0.15, 0.2) is 24.3 Å². The molecule has 6 nitrogen and oxygen atoms in total. The lowest BCUT2D eigenvalue weighted by Gasteiger charge is -2.13. The van der Waals surface area contributed by atoms with E-state index < -0.39 is 5.97 Å². The molecule has 0 unspecified atom stereocenters. The van der Waals surface area contributed by atoms with E-state index in [9.17, 15) is 9.59 Å². The highest BCUT2D eigenvalue weighted by molar-refractivity contribution is 6.00. The minimum absolute atomic E-state index is 0.0350. The normalized spacial score (nSPS) is 13.5. The summed E-state index contributed by atoms with van der Waals surface area (Å²) in [6.45, 7) is 2.47. The van der Waals surface area contributed by atoms with E-state index in [0.717, 1.165) is 23.3 Å². The minimum atomic E-state index is -0.461. The van der Waals surface area contributed by atoms with Gasteiger partial charge in [-0.25, -0.2) is 4.79 Å². The largest absolute Gasteiger partial charge is 0.497 e. The van der Waals surface area contributed by atoms with Gasteiger partial charge < -0.3 is 9.47 Å². The van der Waals surface area contributed by atoms with Crippen LogP contribution in [0.1, 0.15) is 51.9 Å². The van der Waals surface area contributed by atoms with Crippen molar-refractivity contribution in [3.05, 3.63) is 46.8 Å². The molecule has 0 atom stereocenters. The molecule has 0 fully saturated rings. The van der Waals surface area contributed by atoms with Gasteiger partial charge in [0.2, 0.25) is 0 Å². The summed E-state index contributed by atoms with van der Waals surface area (Å²) in [7, 11) is 1.61. The molecule has 1 aliphatic carbocycles. The number of aromatic nitrogens is 2. The molecular weight excluding hydrogens is 308 g/mol. The molecule has 24 heavy (non-hydrogen) atoms. The molecule has 0 radical (unpaired) electrons. The van der Waals surface area contributed by atoms with Gasteiger partial charge in [-0.15, -0.1) is 0 Å². The standard InChI is InChI=1S/C18H20N2O4/c1-3-24-18(22)16-14-5-4-6-15(21)17(14)20(19-16)11-12-7-9-13(23-2)10-8-12/h7-10H,3-6,11H2,1-2H3. The molecule has 1 aromatic carbocycles. The van der Waals surface area contributed by atoms with Crippen molar-refractivity contribution in [2.75, 3.05) is 13.7 Å². The van der Waals surface area contributed by atoms with Gasteiger partial charge in [0.05, 0.1) is 20.3 Å². The number of hydrogen-bond acceptors (Lipinski definition) is 5. The van der Waals surface area contributed by atoms with Crippen LogP contribution >= 0.6 is 0 Å². The van der Waals surface area contributed by atoms with Crippen molar-refractivity contribution < 1.29 is 19.1 Å². The van der Waals surface area contributed by atoms with Crippen molar-refractivity contribution in [3.63, 3.8) is 0 Å². The number of benzene rings is 1. The van der Waals surface area contributed by atoms with Crippen LogP contribution in [0.5, 0.6) is 5.75 Å². The van der Waals surface area contributed by atoms with Crippen LogP contribution in [0.25, 0.3) is 0 Å². The maximum Gasteiger partial charge on any atom is 0.359 e. The van der Waals surface area contributed by atoms with Crippen molar-refractivity contribution in [1.82, 2.24) is 9.78 Å². The van der Waals surface area contributed by atoms with Crippen LogP contribution in [0.3, 0.4) is 0 Å². The summed E-state index contributed by atoms with van der Waals surface area (Å²) in [5.41, 5.74) is 2.52. The smallest absolute Gasteiger partial charge is 0.359 e. The quantitative estimate of drug-likeness (QED) is 0.789. The lowest BCUT2D eigenvalue weighted by Crippen LogP contribution is -2.17. The highest BCUT2D eigenvalue weighted by Gasteiger charge is 2.30. The molecule has 0 amide bonds. The van der Waals surface area contributed by atoms with E-state index in [0.29, 0.717) is 25.1 Å². The Labute approximate surface area is 140 Å². The average Bonchev–Trinajstić information content (AvgIpc) is 2.96. The van der Waals surface area contributed by atoms with Gasteiger partial charge in [0.25, 0.3) is 0 Å². The Morgan fingerprint density at radius 3 is 2.67 bits per heavy atom. The van der Waals surface area contributed by atoms with Gasteiger partial charge in [0.15, 0.2) is 11.5 Å². The number of hydrogen-bond donors (Lipinski definition) is 0. The fourth-order valence-electron chi connectivity index (χ4n) is 2.97. The number of ketones is 1. The number of carbonyl (C=O) groups is 2. The second-order valence-electron chi connectivity index (χ2n) is 5.68. The molecule has 0 bridgehead atoms. The zero-order chi connectivity index (χ0) is 17.1. The molecule has 0 aliphatic heterocycles. The van der Waals surface area contributed by atoms with Crippen molar-refractivity contribution in [1.29, 1.82) is 0 Å². The Bertz CT molecular complexity index is 762. The van der Waals surface area contributed by atoms with Crippen LogP contribution in [-0.2, 0) is 17.7 Å². The van der Waals surface area contributed by atoms with E-state index in [4.69, 9.17) is 9.47 Å². The Morgan fingerprint density at radius 1 is 1.25 bits per heavy atom. The fraction of sp³-hybridized carbons (Fsp3) is 0.389. The van der Waals surface area contributed by atoms with Gasteiger partial charge in [0, 0.05) is 12.0 Å². The van der Waals surface area contributed by atoms with E-state index in [1.165, 1.54) is 0 Å². The molecule has 1 aromatic heterocycles. The monoisotopic (exact) mass is 328 g/mol. The molecule has 6 heteroatoms. The van der Waals surface area contributed by atoms with E-state index in [-0.39, 0.29) is 18.1 Å². The summed E-state index contributed by atoms with van der Waals surface area (Å²) in [5.74, 6) is 0.342. The first-order valence-corrected chi connectivity index (χ1v) is 8.07. The molecule has 3 rings (SSSR count). The first-order chi connectivity index (χ1) is 11.6. The topological polar surface area (TPSA) is 70.4 Å². The van der Waals surface area contributed by atoms with Crippen molar-refractivity contribution in [3.8, 4) is 5.75 Å². The number of esters is 1. The average molecular weight is 328 g/mol. The third kappa shape index (κ3) is 3.04. The minimum Gasteiger partial charge on any atom is -0.497 e. The van der Waals surface area contributed by atoms with Gasteiger partial charge in [-0.2, -0.15) is 5.10 Å². The van der Waals surface area contributed by atoms with E-state index in [2.05, 4.69) is 5.10 Å². The molecule has 1 aliphatic rings. The number of rotatable bonds is 5. The van der Waals surface area contributed by atoms with Gasteiger partial charge in [-0.05, 0) is 37.5 Å². The highest BCUT2D eigenvalue weighted by Crippen LogP contribution is 2.26. The molecule has 2 aromatic rings. The SMILES string of the molecule is CCOC(=O)c1nn(Cc2ccc(OC)cc2)c2c1CCCC2=O. The molecule has 0 N–H and O–H groups in total. The predicted octanol–water partition coefficient (Wildman–Crippen LogP) is 2.64. The molecule has 0 spiro atoms. The number of Topliss-reactive ketones (excluding diaryl/α,β-unsaturated/α-hetero) is 1. The van der Waals surface area contributed by atoms with E-state index in [1.54, 1.807) is 18.7 Å². The van der Waals surface area contributed by atoms with Crippen molar-refractivity contribution in [2.45, 2.75) is 32.7 Å². The predicted molar refractivity (Wildman–Crippen MR) is 87.5 cm³/mol. The third-order valence-electron chi connectivity index (χ3n) is 4.11. The number of carbonyl (C=O) groups excluding carboxylic acids is 2. The number of nitrogens with zero attached hydrogens (tertiary/aromatic N) is 2. The maximum atomic E-state index is 12.4. The number of ether oxygens (including phenoxy) is 2. The lowest BCUT2D eigenvalue weighted by molar-refractivity contribution is 0.0517. The Hall–Kier alpha value is -2.63. The van der Waals surface area contributed by atoms with Crippen molar-refractivity contribution in [2.24, 2.45) is 0 Å². The van der Waals surface area contributed by atoms with Gasteiger partial charge in [-0.1, -0.05) is 12.1 Å². The van der Waals surface area contributed by atoms with Crippen LogP contribution in [0.2, 0.25) is 0 Å².